The molecule has 1 aliphatic rings. The number of aromatic nitrogens is 1. The Balaban J connectivity index is 1.78. The fourth-order valence-corrected chi connectivity index (χ4v) is 4.02. The molecule has 1 aliphatic heterocycles. The molecule has 1 aromatic heterocycles. The monoisotopic (exact) mass is 389 g/mol. The van der Waals surface area contributed by atoms with E-state index in [1.54, 1.807) is 0 Å². The largest absolute Gasteiger partial charge is 0.440 e. The molecule has 0 saturated heterocycles. The number of aromatic amines is 1. The zero-order chi connectivity index (χ0) is 20.5. The van der Waals surface area contributed by atoms with Gasteiger partial charge in [0.15, 0.2) is 0 Å². The number of nitriles is 1. The standard InChI is InChI=1S/C26H19N3O/c27-16-21-20(15-23(30-26(21)28)17-9-3-1-4-10-17)24-19-13-7-8-14-22(19)29-25(24)18-11-5-2-6-12-18/h1-15,20,29H,28H2. The van der Waals surface area contributed by atoms with Crippen LogP contribution in [0.1, 0.15) is 17.0 Å². The van der Waals surface area contributed by atoms with E-state index < -0.39 is 0 Å². The second kappa shape index (κ2) is 7.31. The number of nitrogens with two attached hydrogens (primary N) is 1. The SMILES string of the molecule is N#CC1=C(N)OC(c2ccccc2)=CC1c1c(-c2ccccc2)[nH]c2ccccc12. The van der Waals surface area contributed by atoms with Crippen molar-refractivity contribution in [1.82, 2.24) is 4.98 Å². The lowest BCUT2D eigenvalue weighted by Crippen LogP contribution is -2.16. The van der Waals surface area contributed by atoms with Gasteiger partial charge in [0, 0.05) is 22.4 Å². The molecule has 1 unspecified atom stereocenters. The Labute approximate surface area is 174 Å². The molecule has 0 spiro atoms. The molecule has 3 aromatic carbocycles. The summed E-state index contributed by atoms with van der Waals surface area (Å²) in [5.41, 5.74) is 11.6. The molecule has 0 aliphatic carbocycles. The van der Waals surface area contributed by atoms with Crippen LogP contribution in [0.25, 0.3) is 27.9 Å². The van der Waals surface area contributed by atoms with Crippen molar-refractivity contribution in [2.45, 2.75) is 5.92 Å². The summed E-state index contributed by atoms with van der Waals surface area (Å²) in [7, 11) is 0. The van der Waals surface area contributed by atoms with E-state index >= 15 is 0 Å². The number of hydrogen-bond acceptors (Lipinski definition) is 3. The Morgan fingerprint density at radius 1 is 0.833 bits per heavy atom. The number of hydrogen-bond donors (Lipinski definition) is 2. The average Bonchev–Trinajstić information content (AvgIpc) is 3.19. The van der Waals surface area contributed by atoms with Gasteiger partial charge in [-0.1, -0.05) is 78.9 Å². The molecule has 4 aromatic rings. The second-order valence-electron chi connectivity index (χ2n) is 7.19. The lowest BCUT2D eigenvalue weighted by atomic mass is 9.85. The minimum atomic E-state index is -0.328. The molecule has 4 nitrogen and oxygen atoms in total. The Bertz CT molecular complexity index is 1330. The maximum Gasteiger partial charge on any atom is 0.205 e. The summed E-state index contributed by atoms with van der Waals surface area (Å²) in [6.07, 6.45) is 1.99. The molecule has 3 N–H and O–H groups in total. The van der Waals surface area contributed by atoms with Gasteiger partial charge >= 0.3 is 0 Å². The molecule has 0 radical (unpaired) electrons. The molecule has 0 saturated carbocycles. The number of allylic oxidation sites excluding steroid dienone is 2. The molecule has 0 fully saturated rings. The van der Waals surface area contributed by atoms with Crippen LogP contribution in [0.3, 0.4) is 0 Å². The number of rotatable bonds is 3. The van der Waals surface area contributed by atoms with Gasteiger partial charge in [-0.05, 0) is 23.3 Å². The molecule has 5 rings (SSSR count). The summed E-state index contributed by atoms with van der Waals surface area (Å²) in [5, 5.41) is 11.0. The highest BCUT2D eigenvalue weighted by Crippen LogP contribution is 2.43. The predicted molar refractivity (Wildman–Crippen MR) is 119 cm³/mol. The van der Waals surface area contributed by atoms with Crippen LogP contribution < -0.4 is 5.73 Å². The van der Waals surface area contributed by atoms with Crippen molar-refractivity contribution < 1.29 is 4.74 Å². The summed E-state index contributed by atoms with van der Waals surface area (Å²) < 4.78 is 5.85. The molecule has 0 amide bonds. The first-order chi connectivity index (χ1) is 14.8. The first-order valence-electron chi connectivity index (χ1n) is 9.77. The highest BCUT2D eigenvalue weighted by molar-refractivity contribution is 5.93. The normalized spacial score (nSPS) is 16.1. The van der Waals surface area contributed by atoms with E-state index in [1.165, 1.54) is 0 Å². The lowest BCUT2D eigenvalue weighted by Gasteiger charge is -2.24. The van der Waals surface area contributed by atoms with Crippen LogP contribution >= 0.6 is 0 Å². The summed E-state index contributed by atoms with van der Waals surface area (Å²) in [4.78, 5) is 3.55. The number of H-pyrrole nitrogens is 1. The number of benzene rings is 3. The Morgan fingerprint density at radius 3 is 2.17 bits per heavy atom. The van der Waals surface area contributed by atoms with Gasteiger partial charge in [0.2, 0.25) is 5.88 Å². The third-order valence-electron chi connectivity index (χ3n) is 5.41. The van der Waals surface area contributed by atoms with Crippen molar-refractivity contribution in [1.29, 1.82) is 5.26 Å². The first kappa shape index (κ1) is 17.8. The molecular formula is C26H19N3O. The van der Waals surface area contributed by atoms with E-state index in [0.29, 0.717) is 11.3 Å². The van der Waals surface area contributed by atoms with E-state index in [0.717, 1.165) is 33.3 Å². The van der Waals surface area contributed by atoms with Crippen LogP contribution in [-0.4, -0.2) is 4.98 Å². The van der Waals surface area contributed by atoms with Gasteiger partial charge in [0.05, 0.1) is 5.69 Å². The molecule has 144 valence electrons. The quantitative estimate of drug-likeness (QED) is 0.473. The van der Waals surface area contributed by atoms with Gasteiger partial charge in [-0.15, -0.1) is 0 Å². The summed E-state index contributed by atoms with van der Waals surface area (Å²) in [5.74, 6) is 0.472. The molecule has 2 heterocycles. The van der Waals surface area contributed by atoms with E-state index in [-0.39, 0.29) is 11.8 Å². The number of nitrogens with one attached hydrogen (secondary N) is 1. The summed E-state index contributed by atoms with van der Waals surface area (Å²) in [6.45, 7) is 0. The fourth-order valence-electron chi connectivity index (χ4n) is 4.02. The second-order valence-corrected chi connectivity index (χ2v) is 7.19. The van der Waals surface area contributed by atoms with Gasteiger partial charge < -0.3 is 15.5 Å². The van der Waals surface area contributed by atoms with Gasteiger partial charge in [-0.3, -0.25) is 0 Å². The number of ether oxygens (including phenoxy) is 1. The van der Waals surface area contributed by atoms with Crippen LogP contribution in [-0.2, 0) is 4.74 Å². The van der Waals surface area contributed by atoms with E-state index in [1.807, 2.05) is 72.8 Å². The Morgan fingerprint density at radius 2 is 1.47 bits per heavy atom. The molecular weight excluding hydrogens is 370 g/mol. The molecule has 4 heteroatoms. The van der Waals surface area contributed by atoms with Gasteiger partial charge in [0.25, 0.3) is 0 Å². The third-order valence-corrected chi connectivity index (χ3v) is 5.41. The predicted octanol–water partition coefficient (Wildman–Crippen LogP) is 5.68. The number of nitrogens with zero attached hydrogens (tertiary/aromatic N) is 1. The van der Waals surface area contributed by atoms with Crippen molar-refractivity contribution in [2.75, 3.05) is 0 Å². The lowest BCUT2D eigenvalue weighted by molar-refractivity contribution is 0.361. The van der Waals surface area contributed by atoms with Crippen LogP contribution in [0.4, 0.5) is 0 Å². The maximum absolute atomic E-state index is 9.91. The maximum atomic E-state index is 9.91. The van der Waals surface area contributed by atoms with Crippen LogP contribution in [0.15, 0.2) is 102 Å². The van der Waals surface area contributed by atoms with Crippen molar-refractivity contribution in [3.05, 3.63) is 114 Å². The molecule has 1 atom stereocenters. The van der Waals surface area contributed by atoms with Crippen molar-refractivity contribution in [3.8, 4) is 17.3 Å². The molecule has 0 bridgehead atoms. The van der Waals surface area contributed by atoms with Gasteiger partial charge in [-0.2, -0.15) is 5.26 Å². The summed E-state index contributed by atoms with van der Waals surface area (Å²) >= 11 is 0. The zero-order valence-corrected chi connectivity index (χ0v) is 16.2. The van der Waals surface area contributed by atoms with Gasteiger partial charge in [-0.25, -0.2) is 0 Å². The van der Waals surface area contributed by atoms with Crippen LogP contribution in [0, 0.1) is 11.3 Å². The van der Waals surface area contributed by atoms with E-state index in [4.69, 9.17) is 10.5 Å². The Kier molecular flexibility index (Phi) is 4.34. The molecule has 30 heavy (non-hydrogen) atoms. The topological polar surface area (TPSA) is 74.8 Å². The van der Waals surface area contributed by atoms with Crippen molar-refractivity contribution in [2.24, 2.45) is 5.73 Å². The van der Waals surface area contributed by atoms with E-state index in [9.17, 15) is 5.26 Å². The minimum Gasteiger partial charge on any atom is -0.440 e. The Hall–Kier alpha value is -4.23. The number of para-hydroxylation sites is 1. The number of fused-ring (bicyclic) bond motifs is 1. The van der Waals surface area contributed by atoms with Gasteiger partial charge in [0.1, 0.15) is 17.4 Å². The first-order valence-corrected chi connectivity index (χ1v) is 9.77. The zero-order valence-electron chi connectivity index (χ0n) is 16.2. The highest BCUT2D eigenvalue weighted by Gasteiger charge is 2.30. The average molecular weight is 389 g/mol. The third kappa shape index (κ3) is 2.94. The van der Waals surface area contributed by atoms with E-state index in [2.05, 4.69) is 29.3 Å². The van der Waals surface area contributed by atoms with Crippen molar-refractivity contribution >= 4 is 16.7 Å². The van der Waals surface area contributed by atoms with Crippen molar-refractivity contribution in [3.63, 3.8) is 0 Å². The highest BCUT2D eigenvalue weighted by atomic mass is 16.5. The smallest absolute Gasteiger partial charge is 0.205 e. The fraction of sp³-hybridized carbons (Fsp3) is 0.0385. The van der Waals surface area contributed by atoms with Crippen LogP contribution in [0.5, 0.6) is 0 Å². The summed E-state index contributed by atoms with van der Waals surface area (Å²) in [6, 6.07) is 30.4. The minimum absolute atomic E-state index is 0.146. The van der Waals surface area contributed by atoms with Crippen LogP contribution in [0.2, 0.25) is 0 Å².